The van der Waals surface area contributed by atoms with Gasteiger partial charge in [-0.2, -0.15) is 5.26 Å². The first-order valence-corrected chi connectivity index (χ1v) is 10.1. The Labute approximate surface area is 167 Å². The number of fused-ring (bicyclic) bond motifs is 1. The SMILES string of the molecule is CCCC(=O)N1CCN(Cc2cc3cnc(C#N)nc3n2CC(C)(C)C)CC1. The lowest BCUT2D eigenvalue weighted by Gasteiger charge is -2.35. The Balaban J connectivity index is 1.80. The topological polar surface area (TPSA) is 78.1 Å². The van der Waals surface area contributed by atoms with Gasteiger partial charge in [0, 0.05) is 63.0 Å². The number of nitrogens with zero attached hydrogens (tertiary/aromatic N) is 6. The Kier molecular flexibility index (Phi) is 5.99. The van der Waals surface area contributed by atoms with Crippen molar-refractivity contribution in [2.75, 3.05) is 26.2 Å². The molecule has 0 spiro atoms. The van der Waals surface area contributed by atoms with Gasteiger partial charge in [-0.15, -0.1) is 0 Å². The van der Waals surface area contributed by atoms with Crippen LogP contribution in [0.4, 0.5) is 0 Å². The summed E-state index contributed by atoms with van der Waals surface area (Å²) in [5.41, 5.74) is 2.10. The molecule has 2 aromatic rings. The first-order valence-electron chi connectivity index (χ1n) is 10.1. The Morgan fingerprint density at radius 3 is 2.57 bits per heavy atom. The van der Waals surface area contributed by atoms with Crippen molar-refractivity contribution in [1.82, 2.24) is 24.3 Å². The van der Waals surface area contributed by atoms with Gasteiger partial charge in [-0.1, -0.05) is 27.7 Å². The quantitative estimate of drug-likeness (QED) is 0.795. The highest BCUT2D eigenvalue weighted by Gasteiger charge is 2.23. The molecule has 1 aliphatic heterocycles. The van der Waals surface area contributed by atoms with E-state index < -0.39 is 0 Å². The zero-order valence-corrected chi connectivity index (χ0v) is 17.4. The van der Waals surface area contributed by atoms with E-state index in [0.29, 0.717) is 6.42 Å². The van der Waals surface area contributed by atoms with Crippen LogP contribution in [0.5, 0.6) is 0 Å². The standard InChI is InChI=1S/C21H30N6O/c1-5-6-19(28)26-9-7-25(8-10-26)14-17-11-16-13-23-18(12-22)24-20(16)27(17)15-21(2,3)4/h11,13H,5-10,14-15H2,1-4H3. The van der Waals surface area contributed by atoms with Gasteiger partial charge in [-0.05, 0) is 17.9 Å². The molecule has 1 aliphatic rings. The number of carbonyl (C=O) groups excluding carboxylic acids is 1. The first-order chi connectivity index (χ1) is 13.3. The third kappa shape index (κ3) is 4.68. The molecule has 2 aromatic heterocycles. The summed E-state index contributed by atoms with van der Waals surface area (Å²) in [6.45, 7) is 13.6. The summed E-state index contributed by atoms with van der Waals surface area (Å²) < 4.78 is 2.23. The van der Waals surface area contributed by atoms with Crippen molar-refractivity contribution in [2.24, 2.45) is 5.41 Å². The maximum absolute atomic E-state index is 12.1. The second-order valence-corrected chi connectivity index (χ2v) is 8.77. The van der Waals surface area contributed by atoms with Crippen molar-refractivity contribution in [3.8, 4) is 6.07 Å². The van der Waals surface area contributed by atoms with E-state index in [1.165, 1.54) is 5.69 Å². The summed E-state index contributed by atoms with van der Waals surface area (Å²) in [6.07, 6.45) is 3.28. The molecule has 0 bridgehead atoms. The highest BCUT2D eigenvalue weighted by atomic mass is 16.2. The molecule has 0 saturated carbocycles. The lowest BCUT2D eigenvalue weighted by atomic mass is 9.97. The van der Waals surface area contributed by atoms with E-state index in [1.54, 1.807) is 6.20 Å². The molecule has 7 nitrogen and oxygen atoms in total. The number of amides is 1. The second kappa shape index (κ2) is 8.27. The fourth-order valence-electron chi connectivity index (χ4n) is 3.69. The molecule has 0 atom stereocenters. The van der Waals surface area contributed by atoms with Gasteiger partial charge in [0.1, 0.15) is 11.7 Å². The van der Waals surface area contributed by atoms with Gasteiger partial charge in [0.2, 0.25) is 11.7 Å². The molecule has 3 rings (SSSR count). The minimum atomic E-state index is 0.0870. The summed E-state index contributed by atoms with van der Waals surface area (Å²) in [7, 11) is 0. The highest BCUT2D eigenvalue weighted by Crippen LogP contribution is 2.25. The van der Waals surface area contributed by atoms with E-state index in [0.717, 1.165) is 56.7 Å². The van der Waals surface area contributed by atoms with E-state index in [-0.39, 0.29) is 17.1 Å². The van der Waals surface area contributed by atoms with Crippen LogP contribution in [-0.2, 0) is 17.9 Å². The van der Waals surface area contributed by atoms with Crippen molar-refractivity contribution in [2.45, 2.75) is 53.6 Å². The van der Waals surface area contributed by atoms with E-state index >= 15 is 0 Å². The zero-order chi connectivity index (χ0) is 20.3. The van der Waals surface area contributed by atoms with E-state index in [2.05, 4.69) is 46.3 Å². The lowest BCUT2D eigenvalue weighted by molar-refractivity contribution is -0.133. The van der Waals surface area contributed by atoms with Gasteiger partial charge in [0.05, 0.1) is 0 Å². The molecule has 0 N–H and O–H groups in total. The molecule has 0 unspecified atom stereocenters. The monoisotopic (exact) mass is 382 g/mol. The van der Waals surface area contributed by atoms with Gasteiger partial charge in [-0.25, -0.2) is 9.97 Å². The van der Waals surface area contributed by atoms with Crippen molar-refractivity contribution in [1.29, 1.82) is 5.26 Å². The van der Waals surface area contributed by atoms with Gasteiger partial charge in [0.25, 0.3) is 0 Å². The molecule has 7 heteroatoms. The Bertz CT molecular complexity index is 881. The van der Waals surface area contributed by atoms with Gasteiger partial charge < -0.3 is 9.47 Å². The van der Waals surface area contributed by atoms with Crippen LogP contribution in [0.3, 0.4) is 0 Å². The number of aromatic nitrogens is 3. The third-order valence-electron chi connectivity index (χ3n) is 5.03. The van der Waals surface area contributed by atoms with Crippen LogP contribution in [-0.4, -0.2) is 56.4 Å². The maximum Gasteiger partial charge on any atom is 0.234 e. The van der Waals surface area contributed by atoms with Gasteiger partial charge in [-0.3, -0.25) is 9.69 Å². The minimum Gasteiger partial charge on any atom is -0.340 e. The van der Waals surface area contributed by atoms with Crippen molar-refractivity contribution in [3.05, 3.63) is 23.8 Å². The third-order valence-corrected chi connectivity index (χ3v) is 5.03. The molecule has 1 fully saturated rings. The Morgan fingerprint density at radius 1 is 1.25 bits per heavy atom. The van der Waals surface area contributed by atoms with Crippen LogP contribution in [0.1, 0.15) is 52.1 Å². The molecule has 1 saturated heterocycles. The van der Waals surface area contributed by atoms with Crippen LogP contribution in [0.15, 0.2) is 12.3 Å². The fourth-order valence-corrected chi connectivity index (χ4v) is 3.69. The fraction of sp³-hybridized carbons (Fsp3) is 0.619. The number of piperazine rings is 1. The summed E-state index contributed by atoms with van der Waals surface area (Å²) in [6, 6.07) is 4.18. The van der Waals surface area contributed by atoms with Crippen molar-refractivity contribution in [3.63, 3.8) is 0 Å². The Morgan fingerprint density at radius 2 is 1.96 bits per heavy atom. The number of carbonyl (C=O) groups is 1. The molecule has 1 amide bonds. The molecule has 0 radical (unpaired) electrons. The Hall–Kier alpha value is -2.46. The highest BCUT2D eigenvalue weighted by molar-refractivity contribution is 5.77. The van der Waals surface area contributed by atoms with Crippen molar-refractivity contribution >= 4 is 16.9 Å². The van der Waals surface area contributed by atoms with Gasteiger partial charge in [0.15, 0.2) is 0 Å². The molecule has 28 heavy (non-hydrogen) atoms. The van der Waals surface area contributed by atoms with E-state index in [1.807, 2.05) is 17.9 Å². The predicted octanol–water partition coefficient (Wildman–Crippen LogP) is 2.79. The number of rotatable bonds is 5. The number of hydrogen-bond donors (Lipinski definition) is 0. The minimum absolute atomic E-state index is 0.0870. The second-order valence-electron chi connectivity index (χ2n) is 8.77. The molecular formula is C21H30N6O. The summed E-state index contributed by atoms with van der Waals surface area (Å²) >= 11 is 0. The normalized spacial score (nSPS) is 15.8. The zero-order valence-electron chi connectivity index (χ0n) is 17.4. The van der Waals surface area contributed by atoms with E-state index in [9.17, 15) is 10.1 Å². The average molecular weight is 383 g/mol. The number of hydrogen-bond acceptors (Lipinski definition) is 5. The molecule has 150 valence electrons. The van der Waals surface area contributed by atoms with Crippen LogP contribution in [0.25, 0.3) is 11.0 Å². The van der Waals surface area contributed by atoms with E-state index in [4.69, 9.17) is 0 Å². The maximum atomic E-state index is 12.1. The smallest absolute Gasteiger partial charge is 0.234 e. The van der Waals surface area contributed by atoms with Crippen LogP contribution >= 0.6 is 0 Å². The van der Waals surface area contributed by atoms with Gasteiger partial charge >= 0.3 is 0 Å². The predicted molar refractivity (Wildman–Crippen MR) is 108 cm³/mol. The summed E-state index contributed by atoms with van der Waals surface area (Å²) in [5.74, 6) is 0.471. The number of nitriles is 1. The van der Waals surface area contributed by atoms with Crippen LogP contribution in [0, 0.1) is 16.7 Å². The van der Waals surface area contributed by atoms with Crippen LogP contribution in [0.2, 0.25) is 0 Å². The molecule has 0 aliphatic carbocycles. The summed E-state index contributed by atoms with van der Waals surface area (Å²) in [5, 5.41) is 10.1. The van der Waals surface area contributed by atoms with Crippen LogP contribution < -0.4 is 0 Å². The summed E-state index contributed by atoms with van der Waals surface area (Å²) in [4.78, 5) is 25.1. The molecule has 0 aromatic carbocycles. The lowest BCUT2D eigenvalue weighted by Crippen LogP contribution is -2.48. The largest absolute Gasteiger partial charge is 0.340 e. The molecular weight excluding hydrogens is 352 g/mol. The average Bonchev–Trinajstić information content (AvgIpc) is 2.97. The van der Waals surface area contributed by atoms with Crippen molar-refractivity contribution < 1.29 is 4.79 Å². The molecule has 3 heterocycles. The first kappa shape index (κ1) is 20.3.